The van der Waals surface area contributed by atoms with Gasteiger partial charge in [0.2, 0.25) is 5.91 Å². The molecule has 4 nitrogen and oxygen atoms in total. The summed E-state index contributed by atoms with van der Waals surface area (Å²) in [5, 5.41) is 0. The van der Waals surface area contributed by atoms with Crippen LogP contribution in [0.2, 0.25) is 0 Å². The van der Waals surface area contributed by atoms with Gasteiger partial charge in [-0.25, -0.2) is 0 Å². The first-order valence-corrected chi connectivity index (χ1v) is 6.34. The third kappa shape index (κ3) is 2.38. The van der Waals surface area contributed by atoms with Crippen molar-refractivity contribution >= 4 is 5.91 Å². The van der Waals surface area contributed by atoms with E-state index in [4.69, 9.17) is 10.5 Å². The maximum atomic E-state index is 12.2. The average molecular weight is 226 g/mol. The number of hydrogen-bond donors (Lipinski definition) is 1. The SMILES string of the molecule is CCC1CN(C(=O)C2CCOC2)CCC1N. The van der Waals surface area contributed by atoms with Gasteiger partial charge in [-0.2, -0.15) is 0 Å². The maximum absolute atomic E-state index is 12.2. The lowest BCUT2D eigenvalue weighted by molar-refractivity contribution is -0.137. The lowest BCUT2D eigenvalue weighted by atomic mass is 9.90. The van der Waals surface area contributed by atoms with E-state index in [0.29, 0.717) is 12.5 Å². The second-order valence-electron chi connectivity index (χ2n) is 4.97. The Morgan fingerprint density at radius 3 is 2.94 bits per heavy atom. The molecule has 4 heteroatoms. The number of rotatable bonds is 2. The van der Waals surface area contributed by atoms with Crippen molar-refractivity contribution in [3.8, 4) is 0 Å². The van der Waals surface area contributed by atoms with Gasteiger partial charge in [0.15, 0.2) is 0 Å². The first kappa shape index (κ1) is 11.9. The van der Waals surface area contributed by atoms with Crippen LogP contribution >= 0.6 is 0 Å². The molecule has 2 aliphatic rings. The topological polar surface area (TPSA) is 55.6 Å². The molecule has 2 rings (SSSR count). The molecule has 2 fully saturated rings. The second kappa shape index (κ2) is 5.15. The van der Waals surface area contributed by atoms with E-state index in [1.54, 1.807) is 0 Å². The van der Waals surface area contributed by atoms with E-state index in [-0.39, 0.29) is 17.9 Å². The van der Waals surface area contributed by atoms with Crippen LogP contribution in [0.5, 0.6) is 0 Å². The minimum Gasteiger partial charge on any atom is -0.381 e. The molecular formula is C12H22N2O2. The van der Waals surface area contributed by atoms with Gasteiger partial charge in [0.1, 0.15) is 0 Å². The molecule has 2 N–H and O–H groups in total. The van der Waals surface area contributed by atoms with Gasteiger partial charge in [-0.1, -0.05) is 13.3 Å². The predicted octanol–water partition coefficient (Wildman–Crippen LogP) is 0.609. The van der Waals surface area contributed by atoms with Gasteiger partial charge >= 0.3 is 0 Å². The van der Waals surface area contributed by atoms with Crippen molar-refractivity contribution in [2.24, 2.45) is 17.6 Å². The van der Waals surface area contributed by atoms with Crippen molar-refractivity contribution in [2.45, 2.75) is 32.2 Å². The molecule has 0 radical (unpaired) electrons. The van der Waals surface area contributed by atoms with Crippen LogP contribution in [-0.2, 0) is 9.53 Å². The highest BCUT2D eigenvalue weighted by molar-refractivity contribution is 5.79. The number of ether oxygens (including phenoxy) is 1. The monoisotopic (exact) mass is 226 g/mol. The van der Waals surface area contributed by atoms with Gasteiger partial charge in [-0.3, -0.25) is 4.79 Å². The number of hydrogen-bond acceptors (Lipinski definition) is 3. The number of amides is 1. The molecule has 0 aliphatic carbocycles. The summed E-state index contributed by atoms with van der Waals surface area (Å²) in [6.07, 6.45) is 2.89. The van der Waals surface area contributed by atoms with Gasteiger partial charge in [-0.05, 0) is 18.8 Å². The summed E-state index contributed by atoms with van der Waals surface area (Å²) in [5.74, 6) is 0.856. The fraction of sp³-hybridized carbons (Fsp3) is 0.917. The third-order valence-corrected chi connectivity index (χ3v) is 3.91. The molecule has 3 atom stereocenters. The normalized spacial score (nSPS) is 35.4. The maximum Gasteiger partial charge on any atom is 0.228 e. The molecule has 0 aromatic heterocycles. The fourth-order valence-electron chi connectivity index (χ4n) is 2.67. The van der Waals surface area contributed by atoms with E-state index >= 15 is 0 Å². The standard InChI is InChI=1S/C12H22N2O2/c1-2-9-7-14(5-3-11(9)13)12(15)10-4-6-16-8-10/h9-11H,2-8,13H2,1H3. The molecule has 0 aromatic carbocycles. The Morgan fingerprint density at radius 1 is 1.50 bits per heavy atom. The van der Waals surface area contributed by atoms with Crippen molar-refractivity contribution in [1.29, 1.82) is 0 Å². The van der Waals surface area contributed by atoms with Gasteiger partial charge in [0.25, 0.3) is 0 Å². The zero-order valence-electron chi connectivity index (χ0n) is 10.0. The summed E-state index contributed by atoms with van der Waals surface area (Å²) >= 11 is 0. The Bertz CT molecular complexity index is 251. The van der Waals surface area contributed by atoms with Crippen molar-refractivity contribution in [3.63, 3.8) is 0 Å². The summed E-state index contributed by atoms with van der Waals surface area (Å²) in [6.45, 7) is 5.16. The largest absolute Gasteiger partial charge is 0.381 e. The van der Waals surface area contributed by atoms with Crippen LogP contribution in [0.4, 0.5) is 0 Å². The highest BCUT2D eigenvalue weighted by Gasteiger charge is 2.33. The number of likely N-dealkylation sites (tertiary alicyclic amines) is 1. The summed E-state index contributed by atoms with van der Waals surface area (Å²) in [7, 11) is 0. The van der Waals surface area contributed by atoms with Crippen LogP contribution in [0, 0.1) is 11.8 Å². The zero-order chi connectivity index (χ0) is 11.5. The molecule has 2 saturated heterocycles. The molecular weight excluding hydrogens is 204 g/mol. The molecule has 3 unspecified atom stereocenters. The van der Waals surface area contributed by atoms with E-state index in [1.165, 1.54) is 0 Å². The zero-order valence-corrected chi connectivity index (χ0v) is 10.0. The first-order chi connectivity index (χ1) is 7.72. The molecule has 1 amide bonds. The minimum absolute atomic E-state index is 0.104. The summed E-state index contributed by atoms with van der Waals surface area (Å²) in [6, 6.07) is 0.272. The van der Waals surface area contributed by atoms with Crippen LogP contribution in [0.1, 0.15) is 26.2 Å². The van der Waals surface area contributed by atoms with Crippen LogP contribution in [0.15, 0.2) is 0 Å². The van der Waals surface area contributed by atoms with Gasteiger partial charge in [-0.15, -0.1) is 0 Å². The highest BCUT2D eigenvalue weighted by atomic mass is 16.5. The van der Waals surface area contributed by atoms with Crippen molar-refractivity contribution in [3.05, 3.63) is 0 Å². The molecule has 16 heavy (non-hydrogen) atoms. The van der Waals surface area contributed by atoms with Gasteiger partial charge in [0, 0.05) is 25.7 Å². The van der Waals surface area contributed by atoms with E-state index in [2.05, 4.69) is 6.92 Å². The Morgan fingerprint density at radius 2 is 2.31 bits per heavy atom. The fourth-order valence-corrected chi connectivity index (χ4v) is 2.67. The Labute approximate surface area is 97.1 Å². The van der Waals surface area contributed by atoms with Crippen molar-refractivity contribution in [1.82, 2.24) is 4.90 Å². The van der Waals surface area contributed by atoms with Gasteiger partial charge < -0.3 is 15.4 Å². The van der Waals surface area contributed by atoms with Crippen LogP contribution in [0.25, 0.3) is 0 Å². The lowest BCUT2D eigenvalue weighted by Gasteiger charge is -2.37. The molecule has 0 aromatic rings. The number of carbonyl (C=O) groups is 1. The minimum atomic E-state index is 0.104. The third-order valence-electron chi connectivity index (χ3n) is 3.91. The average Bonchev–Trinajstić information content (AvgIpc) is 2.82. The smallest absolute Gasteiger partial charge is 0.228 e. The molecule has 2 heterocycles. The van der Waals surface area contributed by atoms with Crippen LogP contribution < -0.4 is 5.73 Å². The number of nitrogens with zero attached hydrogens (tertiary/aromatic N) is 1. The Hall–Kier alpha value is -0.610. The molecule has 0 bridgehead atoms. The van der Waals surface area contributed by atoms with Crippen molar-refractivity contribution in [2.75, 3.05) is 26.3 Å². The molecule has 0 spiro atoms. The van der Waals surface area contributed by atoms with Crippen LogP contribution in [-0.4, -0.2) is 43.2 Å². The predicted molar refractivity (Wildman–Crippen MR) is 61.9 cm³/mol. The lowest BCUT2D eigenvalue weighted by Crippen LogP contribution is -2.50. The van der Waals surface area contributed by atoms with E-state index in [0.717, 1.165) is 39.0 Å². The van der Waals surface area contributed by atoms with Crippen LogP contribution in [0.3, 0.4) is 0 Å². The molecule has 92 valence electrons. The summed E-state index contributed by atoms with van der Waals surface area (Å²) < 4.78 is 5.27. The Kier molecular flexibility index (Phi) is 3.82. The van der Waals surface area contributed by atoms with E-state index in [9.17, 15) is 4.79 Å². The molecule has 2 aliphatic heterocycles. The number of nitrogens with two attached hydrogens (primary N) is 1. The first-order valence-electron chi connectivity index (χ1n) is 6.34. The summed E-state index contributed by atoms with van der Waals surface area (Å²) in [5.41, 5.74) is 6.04. The second-order valence-corrected chi connectivity index (χ2v) is 4.97. The quantitative estimate of drug-likeness (QED) is 0.750. The van der Waals surface area contributed by atoms with Gasteiger partial charge in [0.05, 0.1) is 12.5 Å². The Balaban J connectivity index is 1.91. The number of piperidine rings is 1. The highest BCUT2D eigenvalue weighted by Crippen LogP contribution is 2.22. The summed E-state index contributed by atoms with van der Waals surface area (Å²) in [4.78, 5) is 14.2. The van der Waals surface area contributed by atoms with E-state index in [1.807, 2.05) is 4.90 Å². The number of carbonyl (C=O) groups excluding carboxylic acids is 1. The van der Waals surface area contributed by atoms with E-state index < -0.39 is 0 Å². The molecule has 0 saturated carbocycles. The van der Waals surface area contributed by atoms with Crippen molar-refractivity contribution < 1.29 is 9.53 Å².